The number of aromatic nitrogens is 2. The monoisotopic (exact) mass is 667 g/mol. The first-order valence-corrected chi connectivity index (χ1v) is 18.1. The van der Waals surface area contributed by atoms with E-state index in [0.717, 1.165) is 12.1 Å². The minimum absolute atomic E-state index is 0.163. The van der Waals surface area contributed by atoms with E-state index in [4.69, 9.17) is 0 Å². The largest absolute Gasteiger partial charge is 0.332 e. The van der Waals surface area contributed by atoms with Gasteiger partial charge in [0, 0.05) is 44.3 Å². The van der Waals surface area contributed by atoms with Crippen LogP contribution in [0.1, 0.15) is 13.3 Å². The number of nitrogens with zero attached hydrogens (tertiary/aromatic N) is 3. The molecule has 2 heterocycles. The van der Waals surface area contributed by atoms with Crippen LogP contribution in [0.3, 0.4) is 0 Å². The molecule has 1 unspecified atom stereocenters. The van der Waals surface area contributed by atoms with Gasteiger partial charge in [-0.3, -0.25) is 0 Å². The molecule has 248 valence electrons. The topological polar surface area (TPSA) is 13.1 Å². The van der Waals surface area contributed by atoms with E-state index in [1.54, 1.807) is 0 Å². The minimum Gasteiger partial charge on any atom is -0.332 e. The molecular weight excluding hydrogens is 631 g/mol. The zero-order valence-corrected chi connectivity index (χ0v) is 29.0. The molecule has 10 rings (SSSR count). The van der Waals surface area contributed by atoms with E-state index in [9.17, 15) is 0 Å². The van der Waals surface area contributed by atoms with Gasteiger partial charge in [0.05, 0.1) is 27.6 Å². The Bertz CT molecular complexity index is 2810. The first-order valence-electron chi connectivity index (χ1n) is 18.1. The Morgan fingerprint density at radius 2 is 0.962 bits per heavy atom. The third-order valence-corrected chi connectivity index (χ3v) is 10.8. The molecule has 0 bridgehead atoms. The molecule has 0 aliphatic heterocycles. The molecule has 1 aliphatic rings. The highest BCUT2D eigenvalue weighted by molar-refractivity contribution is 6.19. The second-order valence-electron chi connectivity index (χ2n) is 14.0. The lowest BCUT2D eigenvalue weighted by atomic mass is 9.90. The van der Waals surface area contributed by atoms with Crippen molar-refractivity contribution in [1.82, 2.24) is 9.13 Å². The highest BCUT2D eigenvalue weighted by atomic mass is 15.2. The summed E-state index contributed by atoms with van der Waals surface area (Å²) in [6.45, 7) is 2.32. The Morgan fingerprint density at radius 1 is 0.442 bits per heavy atom. The molecular formula is C49H37N3. The van der Waals surface area contributed by atoms with Crippen molar-refractivity contribution in [2.24, 2.45) is 0 Å². The molecule has 0 spiro atoms. The van der Waals surface area contributed by atoms with E-state index in [0.29, 0.717) is 0 Å². The van der Waals surface area contributed by atoms with E-state index in [1.807, 2.05) is 0 Å². The summed E-state index contributed by atoms with van der Waals surface area (Å²) < 4.78 is 4.84. The molecule has 3 heteroatoms. The Labute approximate surface area is 303 Å². The summed E-state index contributed by atoms with van der Waals surface area (Å²) in [5.41, 5.74) is 11.8. The SMILES string of the molecule is CC1(N(c2ccccc2)c2ccc(-c3ccc4c(c3)c3cc5c(cc3n4-c3ccccc3)c3ccccc3n5-c3ccccc3)cc2)C=CC=CC1. The van der Waals surface area contributed by atoms with Crippen LogP contribution in [0.15, 0.2) is 194 Å². The average Bonchev–Trinajstić information content (AvgIpc) is 3.70. The molecule has 7 aromatic carbocycles. The van der Waals surface area contributed by atoms with Crippen LogP contribution in [-0.4, -0.2) is 14.7 Å². The summed E-state index contributed by atoms with van der Waals surface area (Å²) in [5.74, 6) is 0. The van der Waals surface area contributed by atoms with E-state index in [1.165, 1.54) is 71.8 Å². The first-order chi connectivity index (χ1) is 25.7. The maximum atomic E-state index is 2.46. The smallest absolute Gasteiger partial charge is 0.0642 e. The van der Waals surface area contributed by atoms with Crippen LogP contribution in [0.4, 0.5) is 11.4 Å². The summed E-state index contributed by atoms with van der Waals surface area (Å²) in [7, 11) is 0. The Hall–Kier alpha value is -6.58. The summed E-state index contributed by atoms with van der Waals surface area (Å²) in [4.78, 5) is 2.46. The Morgan fingerprint density at radius 3 is 1.60 bits per heavy atom. The van der Waals surface area contributed by atoms with Crippen LogP contribution in [0.2, 0.25) is 0 Å². The van der Waals surface area contributed by atoms with Crippen LogP contribution in [0, 0.1) is 0 Å². The number of hydrogen-bond donors (Lipinski definition) is 0. The summed E-state index contributed by atoms with van der Waals surface area (Å²) in [5, 5.41) is 4.99. The fourth-order valence-electron chi connectivity index (χ4n) is 8.37. The zero-order chi connectivity index (χ0) is 34.6. The van der Waals surface area contributed by atoms with Crippen LogP contribution < -0.4 is 4.90 Å². The quantitative estimate of drug-likeness (QED) is 0.172. The number of anilines is 2. The average molecular weight is 668 g/mol. The summed E-state index contributed by atoms with van der Waals surface area (Å²) >= 11 is 0. The lowest BCUT2D eigenvalue weighted by molar-refractivity contribution is 0.570. The van der Waals surface area contributed by atoms with Gasteiger partial charge in [0.1, 0.15) is 0 Å². The molecule has 0 N–H and O–H groups in total. The van der Waals surface area contributed by atoms with Gasteiger partial charge in [-0.05, 0) is 103 Å². The fraction of sp³-hybridized carbons (Fsp3) is 0.0612. The van der Waals surface area contributed by atoms with E-state index < -0.39 is 0 Å². The predicted octanol–water partition coefficient (Wildman–Crippen LogP) is 13.0. The molecule has 0 fully saturated rings. The lowest BCUT2D eigenvalue weighted by Crippen LogP contribution is -2.42. The molecule has 2 aromatic heterocycles. The van der Waals surface area contributed by atoms with Crippen molar-refractivity contribution in [3.05, 3.63) is 194 Å². The van der Waals surface area contributed by atoms with Gasteiger partial charge in [-0.15, -0.1) is 0 Å². The van der Waals surface area contributed by atoms with Gasteiger partial charge in [0.25, 0.3) is 0 Å². The van der Waals surface area contributed by atoms with Gasteiger partial charge in [0.2, 0.25) is 0 Å². The van der Waals surface area contributed by atoms with Gasteiger partial charge in [-0.1, -0.05) is 115 Å². The molecule has 3 nitrogen and oxygen atoms in total. The molecule has 9 aromatic rings. The van der Waals surface area contributed by atoms with Gasteiger partial charge >= 0.3 is 0 Å². The van der Waals surface area contributed by atoms with Crippen molar-refractivity contribution in [3.63, 3.8) is 0 Å². The van der Waals surface area contributed by atoms with E-state index in [-0.39, 0.29) is 5.54 Å². The van der Waals surface area contributed by atoms with Crippen LogP contribution in [0.25, 0.3) is 66.1 Å². The van der Waals surface area contributed by atoms with Crippen molar-refractivity contribution < 1.29 is 0 Å². The predicted molar refractivity (Wildman–Crippen MR) is 220 cm³/mol. The van der Waals surface area contributed by atoms with Crippen LogP contribution in [0.5, 0.6) is 0 Å². The Kier molecular flexibility index (Phi) is 7.00. The van der Waals surface area contributed by atoms with Crippen molar-refractivity contribution in [2.45, 2.75) is 18.9 Å². The second kappa shape index (κ2) is 12.0. The molecule has 0 amide bonds. The maximum Gasteiger partial charge on any atom is 0.0642 e. The highest BCUT2D eigenvalue weighted by Gasteiger charge is 2.31. The van der Waals surface area contributed by atoms with Crippen molar-refractivity contribution >= 4 is 55.0 Å². The number of rotatable bonds is 6. The number of fused-ring (bicyclic) bond motifs is 6. The number of para-hydroxylation sites is 4. The van der Waals surface area contributed by atoms with Crippen molar-refractivity contribution in [1.29, 1.82) is 0 Å². The Balaban J connectivity index is 1.17. The highest BCUT2D eigenvalue weighted by Crippen LogP contribution is 2.42. The van der Waals surface area contributed by atoms with Gasteiger partial charge < -0.3 is 14.0 Å². The number of hydrogen-bond acceptors (Lipinski definition) is 1. The van der Waals surface area contributed by atoms with Gasteiger partial charge in [-0.25, -0.2) is 0 Å². The fourth-order valence-corrected chi connectivity index (χ4v) is 8.37. The molecule has 0 saturated heterocycles. The lowest BCUT2D eigenvalue weighted by Gasteiger charge is -2.41. The molecule has 1 atom stereocenters. The summed E-state index contributed by atoms with van der Waals surface area (Å²) in [6, 6.07) is 61.9. The third-order valence-electron chi connectivity index (χ3n) is 10.8. The minimum atomic E-state index is -0.163. The maximum absolute atomic E-state index is 2.46. The normalized spacial score (nSPS) is 15.6. The molecule has 0 saturated carbocycles. The molecule has 1 aliphatic carbocycles. The molecule has 52 heavy (non-hydrogen) atoms. The van der Waals surface area contributed by atoms with E-state index >= 15 is 0 Å². The van der Waals surface area contributed by atoms with Gasteiger partial charge in [-0.2, -0.15) is 0 Å². The molecule has 0 radical (unpaired) electrons. The third kappa shape index (κ3) is 4.81. The van der Waals surface area contributed by atoms with Crippen LogP contribution >= 0.6 is 0 Å². The summed E-state index contributed by atoms with van der Waals surface area (Å²) in [6.07, 6.45) is 9.84. The van der Waals surface area contributed by atoms with E-state index in [2.05, 4.69) is 215 Å². The first kappa shape index (κ1) is 30.3. The van der Waals surface area contributed by atoms with Crippen molar-refractivity contribution in [3.8, 4) is 22.5 Å². The second-order valence-corrected chi connectivity index (χ2v) is 14.0. The van der Waals surface area contributed by atoms with Crippen LogP contribution in [-0.2, 0) is 0 Å². The zero-order valence-electron chi connectivity index (χ0n) is 29.0. The standard InChI is InChI=1S/C49H37N3/c1-49(30-14-5-15-31-49)52(39-20-10-4-11-21-39)40-27-24-35(25-28-40)36-26-29-46-42(32-36)44-34-47-43(33-48(44)51(46)38-18-8-3-9-19-38)41-22-12-13-23-45(41)50(47)37-16-6-2-7-17-37/h2-30,32-34H,31H2,1H3. The number of benzene rings is 7. The van der Waals surface area contributed by atoms with Gasteiger partial charge in [0.15, 0.2) is 0 Å². The van der Waals surface area contributed by atoms with Crippen molar-refractivity contribution in [2.75, 3.05) is 4.90 Å². The number of allylic oxidation sites excluding steroid dienone is 2.